The van der Waals surface area contributed by atoms with Gasteiger partial charge in [0.05, 0.1) is 5.69 Å². The zero-order valence-electron chi connectivity index (χ0n) is 19.0. The summed E-state index contributed by atoms with van der Waals surface area (Å²) in [5, 5.41) is 8.09. The van der Waals surface area contributed by atoms with Crippen molar-refractivity contribution in [1.82, 2.24) is 10.2 Å². The number of aryl methyl sites for hydroxylation is 1. The summed E-state index contributed by atoms with van der Waals surface area (Å²) in [6.07, 6.45) is 31.6. The average molecular weight is 389 g/mol. The second-order valence-corrected chi connectivity index (χ2v) is 8.68. The minimum absolute atomic E-state index is 1.09. The van der Waals surface area contributed by atoms with Gasteiger partial charge in [0.25, 0.3) is 0 Å². The summed E-state index contributed by atoms with van der Waals surface area (Å²) >= 11 is 0. The highest BCUT2D eigenvalue weighted by Gasteiger charge is 1.97. The van der Waals surface area contributed by atoms with Gasteiger partial charge >= 0.3 is 0 Å². The summed E-state index contributed by atoms with van der Waals surface area (Å²) in [4.78, 5) is 0. The van der Waals surface area contributed by atoms with Gasteiger partial charge in [-0.05, 0) is 25.0 Å². The molecule has 28 heavy (non-hydrogen) atoms. The summed E-state index contributed by atoms with van der Waals surface area (Å²) in [5.74, 6) is 0. The lowest BCUT2D eigenvalue weighted by Crippen LogP contribution is -1.91. The van der Waals surface area contributed by atoms with Crippen LogP contribution in [0.25, 0.3) is 0 Å². The first kappa shape index (κ1) is 25.1. The summed E-state index contributed by atoms with van der Waals surface area (Å²) in [5.41, 5.74) is 1.14. The Bertz CT molecular complexity index is 404. The normalized spacial score (nSPS) is 11.2. The van der Waals surface area contributed by atoms with Gasteiger partial charge < -0.3 is 0 Å². The van der Waals surface area contributed by atoms with E-state index in [1.54, 1.807) is 6.20 Å². The van der Waals surface area contributed by atoms with Crippen LogP contribution in [0.2, 0.25) is 0 Å². The third-order valence-electron chi connectivity index (χ3n) is 5.91. The average Bonchev–Trinajstić information content (AvgIpc) is 2.73. The molecule has 0 radical (unpaired) electrons. The van der Waals surface area contributed by atoms with Gasteiger partial charge in [-0.15, -0.1) is 0 Å². The highest BCUT2D eigenvalue weighted by atomic mass is 15.1. The predicted octanol–water partition coefficient (Wildman–Crippen LogP) is 8.84. The lowest BCUT2D eigenvalue weighted by atomic mass is 10.0. The first-order chi connectivity index (χ1) is 13.9. The van der Waals surface area contributed by atoms with Crippen LogP contribution in [-0.2, 0) is 6.42 Å². The minimum atomic E-state index is 1.09. The molecule has 1 rings (SSSR count). The molecule has 0 atom stereocenters. The van der Waals surface area contributed by atoms with Crippen molar-refractivity contribution in [3.05, 3.63) is 24.0 Å². The number of unbranched alkanes of at least 4 members (excludes halogenated alkanes) is 19. The van der Waals surface area contributed by atoms with E-state index in [1.165, 1.54) is 128 Å². The van der Waals surface area contributed by atoms with Crippen LogP contribution in [-0.4, -0.2) is 10.2 Å². The Hall–Kier alpha value is -0.920. The fraction of sp³-hybridized carbons (Fsp3) is 0.846. The maximum atomic E-state index is 4.15. The van der Waals surface area contributed by atoms with Gasteiger partial charge in [0.1, 0.15) is 0 Å². The summed E-state index contributed by atoms with van der Waals surface area (Å²) in [6.45, 7) is 2.30. The van der Waals surface area contributed by atoms with Gasteiger partial charge in [0.15, 0.2) is 0 Å². The van der Waals surface area contributed by atoms with Gasteiger partial charge in [-0.3, -0.25) is 0 Å². The zero-order chi connectivity index (χ0) is 20.0. The molecule has 1 aromatic rings. The Morgan fingerprint density at radius 1 is 0.536 bits per heavy atom. The van der Waals surface area contributed by atoms with E-state index in [2.05, 4.69) is 23.2 Å². The van der Waals surface area contributed by atoms with E-state index in [0.29, 0.717) is 0 Å². The highest BCUT2D eigenvalue weighted by molar-refractivity contribution is 4.98. The van der Waals surface area contributed by atoms with Crippen molar-refractivity contribution in [3.8, 4) is 0 Å². The number of hydrogen-bond donors (Lipinski definition) is 0. The van der Waals surface area contributed by atoms with Crippen LogP contribution < -0.4 is 0 Å². The van der Waals surface area contributed by atoms with Crippen LogP contribution in [0.15, 0.2) is 18.3 Å². The quantitative estimate of drug-likeness (QED) is 0.196. The molecule has 0 aromatic carbocycles. The summed E-state index contributed by atoms with van der Waals surface area (Å²) in [7, 11) is 0. The summed E-state index contributed by atoms with van der Waals surface area (Å²) < 4.78 is 0. The maximum absolute atomic E-state index is 4.15. The highest BCUT2D eigenvalue weighted by Crippen LogP contribution is 2.15. The van der Waals surface area contributed by atoms with Gasteiger partial charge in [0, 0.05) is 6.20 Å². The van der Waals surface area contributed by atoms with Crippen LogP contribution in [0.4, 0.5) is 0 Å². The largest absolute Gasteiger partial charge is 0.159 e. The van der Waals surface area contributed by atoms with Crippen molar-refractivity contribution in [2.24, 2.45) is 0 Å². The monoisotopic (exact) mass is 388 g/mol. The van der Waals surface area contributed by atoms with Gasteiger partial charge in [-0.25, -0.2) is 0 Å². The fourth-order valence-electron chi connectivity index (χ4n) is 4.03. The molecule has 162 valence electrons. The number of nitrogens with zero attached hydrogens (tertiary/aromatic N) is 2. The summed E-state index contributed by atoms with van der Waals surface area (Å²) in [6, 6.07) is 4.07. The van der Waals surface area contributed by atoms with E-state index in [-0.39, 0.29) is 0 Å². The molecule has 0 aliphatic rings. The van der Waals surface area contributed by atoms with Gasteiger partial charge in [-0.2, -0.15) is 10.2 Å². The predicted molar refractivity (Wildman–Crippen MR) is 124 cm³/mol. The van der Waals surface area contributed by atoms with E-state index in [4.69, 9.17) is 0 Å². The standard InChI is InChI=1S/C26H48N2/c1-2-3-4-5-6-7-8-9-10-11-12-13-14-15-16-17-18-19-20-21-23-26-24-22-25-27-28-26/h22,24-25H,2-21,23H2,1H3. The first-order valence-corrected chi connectivity index (χ1v) is 12.7. The lowest BCUT2D eigenvalue weighted by Gasteiger charge is -2.04. The Kier molecular flexibility index (Phi) is 18.7. The van der Waals surface area contributed by atoms with E-state index in [1.807, 2.05) is 6.07 Å². The molecule has 0 aliphatic heterocycles. The lowest BCUT2D eigenvalue weighted by molar-refractivity contribution is 0.521. The molecule has 0 aliphatic carbocycles. The molecular formula is C26H48N2. The van der Waals surface area contributed by atoms with E-state index >= 15 is 0 Å². The third kappa shape index (κ3) is 17.2. The maximum Gasteiger partial charge on any atom is 0.0631 e. The zero-order valence-corrected chi connectivity index (χ0v) is 19.0. The molecule has 2 nitrogen and oxygen atoms in total. The molecule has 0 amide bonds. The Balaban J connectivity index is 1.67. The molecular weight excluding hydrogens is 340 g/mol. The molecule has 0 saturated carbocycles. The van der Waals surface area contributed by atoms with Crippen LogP contribution >= 0.6 is 0 Å². The molecule has 0 saturated heterocycles. The number of aromatic nitrogens is 2. The van der Waals surface area contributed by atoms with Crippen molar-refractivity contribution >= 4 is 0 Å². The molecule has 2 heteroatoms. The molecule has 1 heterocycles. The second kappa shape index (κ2) is 20.8. The van der Waals surface area contributed by atoms with Crippen LogP contribution in [0.1, 0.15) is 141 Å². The Morgan fingerprint density at radius 3 is 1.29 bits per heavy atom. The second-order valence-electron chi connectivity index (χ2n) is 8.68. The molecule has 0 fully saturated rings. The van der Waals surface area contributed by atoms with Crippen molar-refractivity contribution in [2.75, 3.05) is 0 Å². The fourth-order valence-corrected chi connectivity index (χ4v) is 4.03. The van der Waals surface area contributed by atoms with Gasteiger partial charge in [-0.1, -0.05) is 129 Å². The van der Waals surface area contributed by atoms with Crippen molar-refractivity contribution < 1.29 is 0 Å². The minimum Gasteiger partial charge on any atom is -0.159 e. The Labute approximate surface area is 176 Å². The van der Waals surface area contributed by atoms with Crippen LogP contribution in [0.3, 0.4) is 0 Å². The van der Waals surface area contributed by atoms with Crippen LogP contribution in [0.5, 0.6) is 0 Å². The van der Waals surface area contributed by atoms with E-state index in [0.717, 1.165) is 12.1 Å². The molecule has 0 N–H and O–H groups in total. The van der Waals surface area contributed by atoms with Crippen molar-refractivity contribution in [1.29, 1.82) is 0 Å². The van der Waals surface area contributed by atoms with E-state index < -0.39 is 0 Å². The topological polar surface area (TPSA) is 25.8 Å². The van der Waals surface area contributed by atoms with Crippen molar-refractivity contribution in [2.45, 2.75) is 142 Å². The number of hydrogen-bond acceptors (Lipinski definition) is 2. The van der Waals surface area contributed by atoms with Gasteiger partial charge in [0.2, 0.25) is 0 Å². The van der Waals surface area contributed by atoms with Crippen molar-refractivity contribution in [3.63, 3.8) is 0 Å². The smallest absolute Gasteiger partial charge is 0.0631 e. The van der Waals surface area contributed by atoms with E-state index in [9.17, 15) is 0 Å². The molecule has 0 bridgehead atoms. The SMILES string of the molecule is CCCCCCCCCCCCCCCCCCCCCCc1cccnn1. The number of rotatable bonds is 21. The Morgan fingerprint density at radius 2 is 0.929 bits per heavy atom. The molecule has 0 unspecified atom stereocenters. The van der Waals surface area contributed by atoms with Crippen LogP contribution in [0, 0.1) is 0 Å². The third-order valence-corrected chi connectivity index (χ3v) is 5.91. The molecule has 0 spiro atoms. The first-order valence-electron chi connectivity index (χ1n) is 12.7. The molecule has 1 aromatic heterocycles.